The molecule has 0 amide bonds. The first-order valence-corrected chi connectivity index (χ1v) is 10.2. The number of nitrogens with two attached hydrogens (primary N) is 1. The molecule has 0 aromatic carbocycles. The molecule has 2 atom stereocenters. The fourth-order valence-electron chi connectivity index (χ4n) is 3.83. The largest absolute Gasteiger partial charge is 0.491 e. The molecule has 0 aliphatic heterocycles. The molecule has 6 nitrogen and oxygen atoms in total. The van der Waals surface area contributed by atoms with Crippen LogP contribution in [-0.4, -0.2) is 35.6 Å². The number of hydrogen-bond donors (Lipinski definition) is 2. The summed E-state index contributed by atoms with van der Waals surface area (Å²) < 4.78 is 43.9. The fraction of sp³-hybridized carbons (Fsp3) is 0.619. The number of rotatable bonds is 9. The number of nitrogens with one attached hydrogen (secondary N) is 1. The number of aromatic nitrogens is 1. The molecule has 3 N–H and O–H groups in total. The second-order valence-electron chi connectivity index (χ2n) is 8.09. The second-order valence-corrected chi connectivity index (χ2v) is 8.09. The SMILES string of the molecule is CC(C)/C=C(/C1CCCCC1COc1c[nH]c(=O)cc1C=O)N(N)CCC(F)(F)F. The first-order chi connectivity index (χ1) is 14.1. The number of hydrazine groups is 1. The van der Waals surface area contributed by atoms with Crippen molar-refractivity contribution in [2.45, 2.75) is 52.1 Å². The molecule has 0 saturated heterocycles. The number of nitrogens with zero attached hydrogens (tertiary/aromatic N) is 1. The third kappa shape index (κ3) is 7.19. The van der Waals surface area contributed by atoms with Gasteiger partial charge in [0.2, 0.25) is 5.56 Å². The summed E-state index contributed by atoms with van der Waals surface area (Å²) in [5.74, 6) is 6.48. The summed E-state index contributed by atoms with van der Waals surface area (Å²) in [4.78, 5) is 25.1. The highest BCUT2D eigenvalue weighted by Gasteiger charge is 2.33. The molecular weight excluding hydrogens is 399 g/mol. The molecule has 168 valence electrons. The first kappa shape index (κ1) is 24.0. The van der Waals surface area contributed by atoms with Crippen LogP contribution in [0.25, 0.3) is 0 Å². The van der Waals surface area contributed by atoms with Crippen LogP contribution in [0.5, 0.6) is 5.75 Å². The molecule has 1 heterocycles. The summed E-state index contributed by atoms with van der Waals surface area (Å²) in [7, 11) is 0. The van der Waals surface area contributed by atoms with E-state index in [1.807, 2.05) is 19.9 Å². The predicted octanol–water partition coefficient (Wildman–Crippen LogP) is 4.04. The molecule has 0 radical (unpaired) electrons. The van der Waals surface area contributed by atoms with Gasteiger partial charge in [-0.25, -0.2) is 5.84 Å². The van der Waals surface area contributed by atoms with Crippen molar-refractivity contribution in [1.82, 2.24) is 9.99 Å². The van der Waals surface area contributed by atoms with E-state index >= 15 is 0 Å². The van der Waals surface area contributed by atoms with Gasteiger partial charge in [-0.1, -0.05) is 32.8 Å². The maximum Gasteiger partial charge on any atom is 0.390 e. The highest BCUT2D eigenvalue weighted by Crippen LogP contribution is 2.37. The van der Waals surface area contributed by atoms with E-state index in [4.69, 9.17) is 10.6 Å². The van der Waals surface area contributed by atoms with Gasteiger partial charge in [-0.15, -0.1) is 0 Å². The number of aromatic amines is 1. The van der Waals surface area contributed by atoms with Gasteiger partial charge in [-0.2, -0.15) is 13.2 Å². The van der Waals surface area contributed by atoms with Crippen molar-refractivity contribution < 1.29 is 22.7 Å². The van der Waals surface area contributed by atoms with Crippen LogP contribution >= 0.6 is 0 Å². The molecule has 1 aliphatic carbocycles. The van der Waals surface area contributed by atoms with Gasteiger partial charge in [0.05, 0.1) is 18.6 Å². The number of H-pyrrole nitrogens is 1. The number of hydrogen-bond acceptors (Lipinski definition) is 5. The summed E-state index contributed by atoms with van der Waals surface area (Å²) in [6, 6.07) is 1.17. The third-order valence-corrected chi connectivity index (χ3v) is 5.26. The smallest absolute Gasteiger partial charge is 0.390 e. The minimum Gasteiger partial charge on any atom is -0.491 e. The summed E-state index contributed by atoms with van der Waals surface area (Å²) in [5.41, 5.74) is 0.472. The zero-order valence-electron chi connectivity index (χ0n) is 17.4. The number of halogens is 3. The molecule has 2 rings (SSSR count). The Labute approximate surface area is 174 Å². The molecule has 30 heavy (non-hydrogen) atoms. The van der Waals surface area contributed by atoms with Crippen LogP contribution in [0.3, 0.4) is 0 Å². The van der Waals surface area contributed by atoms with Crippen molar-refractivity contribution >= 4 is 6.29 Å². The van der Waals surface area contributed by atoms with Gasteiger partial charge < -0.3 is 14.7 Å². The van der Waals surface area contributed by atoms with E-state index in [2.05, 4.69) is 4.98 Å². The normalized spacial score (nSPS) is 20.3. The van der Waals surface area contributed by atoms with Gasteiger partial charge >= 0.3 is 6.18 Å². The van der Waals surface area contributed by atoms with Gasteiger partial charge in [0.25, 0.3) is 0 Å². The lowest BCUT2D eigenvalue weighted by atomic mass is 9.77. The van der Waals surface area contributed by atoms with Crippen molar-refractivity contribution in [3.63, 3.8) is 0 Å². The zero-order chi connectivity index (χ0) is 22.3. The number of carbonyl (C=O) groups is 1. The third-order valence-electron chi connectivity index (χ3n) is 5.26. The van der Waals surface area contributed by atoms with Crippen LogP contribution in [0.1, 0.15) is 56.3 Å². The fourth-order valence-corrected chi connectivity index (χ4v) is 3.83. The predicted molar refractivity (Wildman–Crippen MR) is 108 cm³/mol. The van der Waals surface area contributed by atoms with Crippen LogP contribution in [0, 0.1) is 17.8 Å². The quantitative estimate of drug-likeness (QED) is 0.351. The van der Waals surface area contributed by atoms with Crippen LogP contribution in [-0.2, 0) is 0 Å². The van der Waals surface area contributed by atoms with Crippen molar-refractivity contribution in [3.05, 3.63) is 40.0 Å². The molecule has 2 unspecified atom stereocenters. The minimum absolute atomic E-state index is 0.0344. The molecule has 1 aromatic rings. The Bertz CT molecular complexity index is 790. The Kier molecular flexibility index (Phi) is 8.52. The van der Waals surface area contributed by atoms with Crippen molar-refractivity contribution in [2.75, 3.05) is 13.2 Å². The lowest BCUT2D eigenvalue weighted by molar-refractivity contribution is -0.137. The molecular formula is C21H30F3N3O3. The molecule has 0 spiro atoms. The molecule has 1 saturated carbocycles. The first-order valence-electron chi connectivity index (χ1n) is 10.2. The van der Waals surface area contributed by atoms with E-state index in [0.29, 0.717) is 12.0 Å². The van der Waals surface area contributed by atoms with E-state index in [9.17, 15) is 22.8 Å². The van der Waals surface area contributed by atoms with E-state index in [0.717, 1.165) is 25.7 Å². The summed E-state index contributed by atoms with van der Waals surface area (Å²) in [6.07, 6.45) is 2.18. The van der Waals surface area contributed by atoms with E-state index < -0.39 is 18.2 Å². The van der Waals surface area contributed by atoms with Gasteiger partial charge in [-0.05, 0) is 18.8 Å². The number of allylic oxidation sites excluding steroid dienone is 2. The Morgan fingerprint density at radius 2 is 2.07 bits per heavy atom. The van der Waals surface area contributed by atoms with Crippen LogP contribution in [0.15, 0.2) is 28.8 Å². The van der Waals surface area contributed by atoms with Crippen LogP contribution in [0.4, 0.5) is 13.2 Å². The van der Waals surface area contributed by atoms with E-state index in [1.165, 1.54) is 17.3 Å². The molecule has 1 fully saturated rings. The topological polar surface area (TPSA) is 88.4 Å². The maximum atomic E-state index is 12.7. The summed E-state index contributed by atoms with van der Waals surface area (Å²) in [6.45, 7) is 3.90. The lowest BCUT2D eigenvalue weighted by Gasteiger charge is -2.37. The van der Waals surface area contributed by atoms with E-state index in [1.54, 1.807) is 0 Å². The summed E-state index contributed by atoms with van der Waals surface area (Å²) >= 11 is 0. The van der Waals surface area contributed by atoms with Gasteiger partial charge in [-0.3, -0.25) is 9.59 Å². The summed E-state index contributed by atoms with van der Waals surface area (Å²) in [5, 5.41) is 1.23. The molecule has 1 aromatic heterocycles. The van der Waals surface area contributed by atoms with E-state index in [-0.39, 0.29) is 42.2 Å². The highest BCUT2D eigenvalue weighted by molar-refractivity contribution is 5.78. The molecule has 0 bridgehead atoms. The zero-order valence-corrected chi connectivity index (χ0v) is 17.4. The second kappa shape index (κ2) is 10.7. The number of pyridine rings is 1. The van der Waals surface area contributed by atoms with Gasteiger partial charge in [0.1, 0.15) is 5.75 Å². The van der Waals surface area contributed by atoms with Gasteiger partial charge in [0.15, 0.2) is 6.29 Å². The number of ether oxygens (including phenoxy) is 1. The van der Waals surface area contributed by atoms with Crippen molar-refractivity contribution in [3.8, 4) is 5.75 Å². The Hall–Kier alpha value is -2.29. The number of aldehydes is 1. The van der Waals surface area contributed by atoms with Crippen molar-refractivity contribution in [2.24, 2.45) is 23.6 Å². The Morgan fingerprint density at radius 1 is 1.37 bits per heavy atom. The Balaban J connectivity index is 2.18. The number of alkyl halides is 3. The molecule has 9 heteroatoms. The van der Waals surface area contributed by atoms with Gasteiger partial charge in [0, 0.05) is 36.3 Å². The maximum absolute atomic E-state index is 12.7. The van der Waals surface area contributed by atoms with Crippen LogP contribution < -0.4 is 16.1 Å². The standard InChI is InChI=1S/C21H30F3N3O3/c1-14(2)9-18(27(25)8-7-21(22,23)24)17-6-4-3-5-15(17)13-30-19-11-26-20(29)10-16(19)12-28/h9-12,14-15,17H,3-8,13,25H2,1-2H3,(H,26,29)/b18-9-. The molecule has 1 aliphatic rings. The average Bonchev–Trinajstić information content (AvgIpc) is 2.68. The van der Waals surface area contributed by atoms with Crippen molar-refractivity contribution in [1.29, 1.82) is 0 Å². The average molecular weight is 429 g/mol. The minimum atomic E-state index is -4.27. The highest BCUT2D eigenvalue weighted by atomic mass is 19.4. The monoisotopic (exact) mass is 429 g/mol. The number of carbonyl (C=O) groups excluding carboxylic acids is 1. The van der Waals surface area contributed by atoms with Crippen LogP contribution in [0.2, 0.25) is 0 Å². The lowest BCUT2D eigenvalue weighted by Crippen LogP contribution is -2.40. The Morgan fingerprint density at radius 3 is 2.70 bits per heavy atom.